The van der Waals surface area contributed by atoms with Gasteiger partial charge in [0.1, 0.15) is 11.5 Å². The second-order valence-corrected chi connectivity index (χ2v) is 9.30. The van der Waals surface area contributed by atoms with Crippen LogP contribution >= 0.6 is 28.1 Å². The standard InChI is InChI=1S/C28H24BrN3O4S/c29-22-11-13-25(35-15-14-19-6-2-1-3-7-19)24(17-22)27(34)30-28(37)32-31-26(33)18-36-23-12-10-20-8-4-5-9-21(20)16-23/h1-13,16-17H,14-15,18H2,(H,31,33)(H2,30,32,34,37). The first-order valence-corrected chi connectivity index (χ1v) is 12.7. The highest BCUT2D eigenvalue weighted by atomic mass is 79.9. The average molecular weight is 578 g/mol. The molecule has 0 aromatic heterocycles. The smallest absolute Gasteiger partial charge is 0.276 e. The van der Waals surface area contributed by atoms with Gasteiger partial charge in [0.2, 0.25) is 0 Å². The third-order valence-electron chi connectivity index (χ3n) is 5.31. The van der Waals surface area contributed by atoms with Gasteiger partial charge in [-0.3, -0.25) is 25.8 Å². The van der Waals surface area contributed by atoms with Gasteiger partial charge >= 0.3 is 0 Å². The summed E-state index contributed by atoms with van der Waals surface area (Å²) >= 11 is 8.54. The molecule has 0 unspecified atom stereocenters. The maximum Gasteiger partial charge on any atom is 0.276 e. The molecular formula is C28H24BrN3O4S. The molecule has 9 heteroatoms. The fraction of sp³-hybridized carbons (Fsp3) is 0.107. The maximum absolute atomic E-state index is 12.8. The van der Waals surface area contributed by atoms with Gasteiger partial charge in [0, 0.05) is 10.9 Å². The number of hydrogen-bond acceptors (Lipinski definition) is 5. The van der Waals surface area contributed by atoms with Crippen LogP contribution in [0.5, 0.6) is 11.5 Å². The molecule has 4 aromatic rings. The second kappa shape index (κ2) is 12.8. The van der Waals surface area contributed by atoms with Crippen LogP contribution in [0.4, 0.5) is 0 Å². The van der Waals surface area contributed by atoms with E-state index in [-0.39, 0.29) is 11.7 Å². The number of carbonyl (C=O) groups excluding carboxylic acids is 2. The first kappa shape index (κ1) is 26.1. The summed E-state index contributed by atoms with van der Waals surface area (Å²) in [6.07, 6.45) is 0.700. The van der Waals surface area contributed by atoms with Gasteiger partial charge in [0.15, 0.2) is 11.7 Å². The molecule has 0 fully saturated rings. The van der Waals surface area contributed by atoms with Gasteiger partial charge in [-0.15, -0.1) is 0 Å². The Kier molecular flexibility index (Phi) is 9.07. The maximum atomic E-state index is 12.8. The van der Waals surface area contributed by atoms with Gasteiger partial charge in [0.25, 0.3) is 11.8 Å². The lowest BCUT2D eigenvalue weighted by Gasteiger charge is -2.14. The highest BCUT2D eigenvalue weighted by molar-refractivity contribution is 9.10. The van der Waals surface area contributed by atoms with Crippen molar-refractivity contribution in [1.82, 2.24) is 16.2 Å². The van der Waals surface area contributed by atoms with Crippen molar-refractivity contribution in [2.24, 2.45) is 0 Å². The number of hydrogen-bond donors (Lipinski definition) is 3. The Morgan fingerprint density at radius 1 is 0.811 bits per heavy atom. The van der Waals surface area contributed by atoms with Gasteiger partial charge in [-0.2, -0.15) is 0 Å². The summed E-state index contributed by atoms with van der Waals surface area (Å²) in [5.74, 6) is 0.0544. The lowest BCUT2D eigenvalue weighted by atomic mass is 10.1. The van der Waals surface area contributed by atoms with Gasteiger partial charge in [-0.05, 0) is 58.9 Å². The minimum absolute atomic E-state index is 0.0701. The zero-order valence-electron chi connectivity index (χ0n) is 19.7. The molecule has 0 atom stereocenters. The number of benzene rings is 4. The van der Waals surface area contributed by atoms with E-state index in [0.717, 1.165) is 16.3 Å². The molecule has 37 heavy (non-hydrogen) atoms. The molecule has 0 spiro atoms. The summed E-state index contributed by atoms with van der Waals surface area (Å²) in [5.41, 5.74) is 6.37. The van der Waals surface area contributed by atoms with Crippen LogP contribution in [-0.2, 0) is 11.2 Å². The zero-order chi connectivity index (χ0) is 26.0. The predicted octanol–water partition coefficient (Wildman–Crippen LogP) is 4.94. The number of amides is 2. The lowest BCUT2D eigenvalue weighted by molar-refractivity contribution is -0.123. The monoisotopic (exact) mass is 577 g/mol. The van der Waals surface area contributed by atoms with Gasteiger partial charge in [-0.1, -0.05) is 76.6 Å². The van der Waals surface area contributed by atoms with Crippen molar-refractivity contribution in [3.8, 4) is 11.5 Å². The van der Waals surface area contributed by atoms with Crippen molar-refractivity contribution in [3.63, 3.8) is 0 Å². The van der Waals surface area contributed by atoms with Crippen LogP contribution in [0.1, 0.15) is 15.9 Å². The molecule has 0 bridgehead atoms. The minimum Gasteiger partial charge on any atom is -0.492 e. The van der Waals surface area contributed by atoms with Crippen molar-refractivity contribution in [3.05, 3.63) is 107 Å². The summed E-state index contributed by atoms with van der Waals surface area (Å²) in [4.78, 5) is 25.0. The summed E-state index contributed by atoms with van der Waals surface area (Å²) in [5, 5.41) is 4.57. The molecule has 0 saturated heterocycles. The SMILES string of the molecule is O=C(COc1ccc2ccccc2c1)NNC(=S)NC(=O)c1cc(Br)ccc1OCCc1ccccc1. The van der Waals surface area contributed by atoms with Gasteiger partial charge < -0.3 is 9.47 Å². The Bertz CT molecular complexity index is 1420. The molecule has 0 radical (unpaired) electrons. The van der Waals surface area contributed by atoms with Crippen LogP contribution in [0.3, 0.4) is 0 Å². The molecule has 7 nitrogen and oxygen atoms in total. The Hall–Kier alpha value is -3.95. The Labute approximate surface area is 228 Å². The number of thiocarbonyl (C=S) groups is 1. The van der Waals surface area contributed by atoms with Crippen LogP contribution in [0.25, 0.3) is 10.8 Å². The van der Waals surface area contributed by atoms with Crippen LogP contribution in [0.2, 0.25) is 0 Å². The molecule has 0 saturated carbocycles. The minimum atomic E-state index is -0.477. The number of fused-ring (bicyclic) bond motifs is 1. The summed E-state index contributed by atoms with van der Waals surface area (Å²) in [6.45, 7) is 0.175. The van der Waals surface area contributed by atoms with Crippen molar-refractivity contribution >= 4 is 55.8 Å². The largest absolute Gasteiger partial charge is 0.492 e. The lowest BCUT2D eigenvalue weighted by Crippen LogP contribution is -2.49. The van der Waals surface area contributed by atoms with E-state index in [1.807, 2.05) is 66.7 Å². The number of nitrogens with one attached hydrogen (secondary N) is 3. The first-order chi connectivity index (χ1) is 18.0. The number of carbonyl (C=O) groups is 2. The molecule has 0 heterocycles. The highest BCUT2D eigenvalue weighted by Gasteiger charge is 2.15. The number of hydrazine groups is 1. The van der Waals surface area contributed by atoms with Gasteiger partial charge in [-0.25, -0.2) is 0 Å². The van der Waals surface area contributed by atoms with Crippen LogP contribution < -0.4 is 25.6 Å². The summed E-state index contributed by atoms with van der Waals surface area (Å²) in [7, 11) is 0. The fourth-order valence-corrected chi connectivity index (χ4v) is 4.00. The van der Waals surface area contributed by atoms with E-state index in [1.54, 1.807) is 24.3 Å². The summed E-state index contributed by atoms with van der Waals surface area (Å²) in [6, 6.07) is 28.5. The third kappa shape index (κ3) is 7.77. The third-order valence-corrected chi connectivity index (χ3v) is 6.01. The Morgan fingerprint density at radius 3 is 2.38 bits per heavy atom. The molecule has 4 aromatic carbocycles. The van der Waals surface area contributed by atoms with Gasteiger partial charge in [0.05, 0.1) is 12.2 Å². The molecule has 4 rings (SSSR count). The molecular weight excluding hydrogens is 554 g/mol. The van der Waals surface area contributed by atoms with E-state index >= 15 is 0 Å². The van der Waals surface area contributed by atoms with Crippen molar-refractivity contribution in [1.29, 1.82) is 0 Å². The Balaban J connectivity index is 1.25. The zero-order valence-corrected chi connectivity index (χ0v) is 22.1. The van der Waals surface area contributed by atoms with E-state index in [1.165, 1.54) is 0 Å². The average Bonchev–Trinajstić information content (AvgIpc) is 2.92. The van der Waals surface area contributed by atoms with Crippen LogP contribution in [-0.4, -0.2) is 30.1 Å². The van der Waals surface area contributed by atoms with Crippen molar-refractivity contribution in [2.75, 3.05) is 13.2 Å². The van der Waals surface area contributed by atoms with E-state index < -0.39 is 11.8 Å². The van der Waals surface area contributed by atoms with E-state index in [0.29, 0.717) is 34.6 Å². The van der Waals surface area contributed by atoms with E-state index in [2.05, 4.69) is 32.1 Å². The fourth-order valence-electron chi connectivity index (χ4n) is 3.50. The number of ether oxygens (including phenoxy) is 2. The van der Waals surface area contributed by atoms with Crippen molar-refractivity contribution < 1.29 is 19.1 Å². The highest BCUT2D eigenvalue weighted by Crippen LogP contribution is 2.24. The second-order valence-electron chi connectivity index (χ2n) is 7.98. The van der Waals surface area contributed by atoms with E-state index in [4.69, 9.17) is 21.7 Å². The van der Waals surface area contributed by atoms with Crippen molar-refractivity contribution in [2.45, 2.75) is 6.42 Å². The first-order valence-electron chi connectivity index (χ1n) is 11.5. The molecule has 3 N–H and O–H groups in total. The topological polar surface area (TPSA) is 88.7 Å². The van der Waals surface area contributed by atoms with Crippen LogP contribution in [0, 0.1) is 0 Å². The number of rotatable bonds is 8. The quantitative estimate of drug-likeness (QED) is 0.203. The normalized spacial score (nSPS) is 10.4. The molecule has 0 aliphatic heterocycles. The number of halogens is 1. The Morgan fingerprint density at radius 2 is 1.57 bits per heavy atom. The molecule has 0 aliphatic rings. The molecule has 188 valence electrons. The summed E-state index contributed by atoms with van der Waals surface area (Å²) < 4.78 is 12.1. The van der Waals surface area contributed by atoms with Crippen LogP contribution in [0.15, 0.2) is 95.5 Å². The van der Waals surface area contributed by atoms with E-state index in [9.17, 15) is 9.59 Å². The molecule has 0 aliphatic carbocycles. The predicted molar refractivity (Wildman–Crippen MR) is 151 cm³/mol. The molecule has 2 amide bonds.